The van der Waals surface area contributed by atoms with Crippen LogP contribution < -0.4 is 5.32 Å². The number of aliphatic hydroxyl groups excluding tert-OH is 1. The molecule has 0 aliphatic heterocycles. The summed E-state index contributed by atoms with van der Waals surface area (Å²) in [6.07, 6.45) is 2.17. The molecule has 0 spiro atoms. The summed E-state index contributed by atoms with van der Waals surface area (Å²) in [7, 11) is 1.78. The SMILES string of the molecule is CC(=O)NC[C@]1(c2ccccc2)CC[C@@H](O)[C@H](N(C)C(=O)c2ccccc2C)CC1. The predicted molar refractivity (Wildman–Crippen MR) is 118 cm³/mol. The third-order valence-electron chi connectivity index (χ3n) is 6.54. The van der Waals surface area contributed by atoms with Gasteiger partial charge in [-0.05, 0) is 49.8 Å². The highest BCUT2D eigenvalue weighted by Crippen LogP contribution is 2.39. The molecular weight excluding hydrogens is 376 g/mol. The Labute approximate surface area is 179 Å². The number of hydrogen-bond acceptors (Lipinski definition) is 3. The maximum atomic E-state index is 13.1. The Balaban J connectivity index is 1.84. The summed E-state index contributed by atoms with van der Waals surface area (Å²) < 4.78 is 0. The summed E-state index contributed by atoms with van der Waals surface area (Å²) in [6, 6.07) is 17.5. The molecule has 5 heteroatoms. The fourth-order valence-electron chi connectivity index (χ4n) is 4.62. The lowest BCUT2D eigenvalue weighted by Gasteiger charge is -2.34. The Morgan fingerprint density at radius 1 is 1.07 bits per heavy atom. The molecule has 2 aromatic carbocycles. The minimum absolute atomic E-state index is 0.0569. The quantitative estimate of drug-likeness (QED) is 0.745. The average molecular weight is 409 g/mol. The highest BCUT2D eigenvalue weighted by molar-refractivity contribution is 5.95. The second-order valence-corrected chi connectivity index (χ2v) is 8.50. The van der Waals surface area contributed by atoms with E-state index in [-0.39, 0.29) is 23.3 Å². The molecule has 1 aliphatic rings. The van der Waals surface area contributed by atoms with Gasteiger partial charge in [0.05, 0.1) is 12.1 Å². The largest absolute Gasteiger partial charge is 0.391 e. The zero-order valence-electron chi connectivity index (χ0n) is 18.1. The van der Waals surface area contributed by atoms with Gasteiger partial charge in [0, 0.05) is 31.5 Å². The van der Waals surface area contributed by atoms with E-state index in [0.717, 1.165) is 18.4 Å². The van der Waals surface area contributed by atoms with Crippen LogP contribution in [0.3, 0.4) is 0 Å². The molecule has 0 radical (unpaired) electrons. The molecule has 1 fully saturated rings. The Kier molecular flexibility index (Phi) is 6.93. The molecule has 2 N–H and O–H groups in total. The van der Waals surface area contributed by atoms with Gasteiger partial charge in [0.15, 0.2) is 0 Å². The number of carbonyl (C=O) groups excluding carboxylic acids is 2. The van der Waals surface area contributed by atoms with Crippen molar-refractivity contribution >= 4 is 11.8 Å². The lowest BCUT2D eigenvalue weighted by atomic mass is 9.74. The minimum Gasteiger partial charge on any atom is -0.391 e. The van der Waals surface area contributed by atoms with E-state index < -0.39 is 6.10 Å². The van der Waals surface area contributed by atoms with Crippen molar-refractivity contribution in [1.82, 2.24) is 10.2 Å². The molecule has 0 bridgehead atoms. The Bertz CT molecular complexity index is 883. The smallest absolute Gasteiger partial charge is 0.254 e. The fourth-order valence-corrected chi connectivity index (χ4v) is 4.62. The molecule has 3 rings (SSSR count). The van der Waals surface area contributed by atoms with Crippen LogP contribution in [0.2, 0.25) is 0 Å². The third-order valence-corrected chi connectivity index (χ3v) is 6.54. The number of likely N-dealkylation sites (N-methyl/N-ethyl adjacent to an activating group) is 1. The van der Waals surface area contributed by atoms with Gasteiger partial charge in [0.1, 0.15) is 0 Å². The number of amides is 2. The first kappa shape index (κ1) is 22.0. The van der Waals surface area contributed by atoms with Crippen molar-refractivity contribution < 1.29 is 14.7 Å². The summed E-state index contributed by atoms with van der Waals surface area (Å²) >= 11 is 0. The molecule has 5 nitrogen and oxygen atoms in total. The maximum absolute atomic E-state index is 13.1. The number of aliphatic hydroxyl groups is 1. The van der Waals surface area contributed by atoms with Crippen molar-refractivity contribution in [3.8, 4) is 0 Å². The molecule has 2 amide bonds. The van der Waals surface area contributed by atoms with Gasteiger partial charge in [0.2, 0.25) is 5.91 Å². The standard InChI is InChI=1S/C25H32N2O3/c1-18-9-7-8-12-21(18)24(30)27(3)22-13-15-25(16-14-23(22)29,17-26-19(2)28)20-10-5-4-6-11-20/h4-12,22-23,29H,13-17H2,1-3H3,(H,26,28)/t22-,23-,25-/m1/s1. The minimum atomic E-state index is -0.606. The van der Waals surface area contributed by atoms with Crippen LogP contribution in [0, 0.1) is 6.92 Å². The van der Waals surface area contributed by atoms with Crippen molar-refractivity contribution in [3.05, 3.63) is 71.3 Å². The first-order valence-electron chi connectivity index (χ1n) is 10.6. The zero-order valence-corrected chi connectivity index (χ0v) is 18.1. The zero-order chi connectivity index (χ0) is 21.7. The third kappa shape index (κ3) is 4.73. The van der Waals surface area contributed by atoms with Crippen LogP contribution in [0.4, 0.5) is 0 Å². The van der Waals surface area contributed by atoms with E-state index in [1.807, 2.05) is 49.4 Å². The molecule has 160 valence electrons. The summed E-state index contributed by atoms with van der Waals surface area (Å²) in [6.45, 7) is 3.99. The van der Waals surface area contributed by atoms with Crippen molar-refractivity contribution in [2.45, 2.75) is 57.1 Å². The number of hydrogen-bond donors (Lipinski definition) is 2. The number of benzene rings is 2. The van der Waals surface area contributed by atoms with Crippen LogP contribution in [0.15, 0.2) is 54.6 Å². The first-order chi connectivity index (χ1) is 14.3. The average Bonchev–Trinajstić information content (AvgIpc) is 2.92. The fraction of sp³-hybridized carbons (Fsp3) is 0.440. The number of rotatable bonds is 5. The molecule has 2 aromatic rings. The number of carbonyl (C=O) groups is 2. The van der Waals surface area contributed by atoms with Gasteiger partial charge >= 0.3 is 0 Å². The lowest BCUT2D eigenvalue weighted by molar-refractivity contribution is -0.119. The van der Waals surface area contributed by atoms with E-state index >= 15 is 0 Å². The molecule has 0 aromatic heterocycles. The lowest BCUT2D eigenvalue weighted by Crippen LogP contribution is -2.44. The highest BCUT2D eigenvalue weighted by Gasteiger charge is 2.40. The van der Waals surface area contributed by atoms with E-state index in [1.54, 1.807) is 11.9 Å². The van der Waals surface area contributed by atoms with E-state index in [2.05, 4.69) is 17.4 Å². The van der Waals surface area contributed by atoms with E-state index in [1.165, 1.54) is 12.5 Å². The van der Waals surface area contributed by atoms with Crippen molar-refractivity contribution in [3.63, 3.8) is 0 Å². The van der Waals surface area contributed by atoms with Crippen LogP contribution in [-0.4, -0.2) is 47.6 Å². The molecule has 0 unspecified atom stereocenters. The molecule has 0 heterocycles. The summed E-state index contributed by atoms with van der Waals surface area (Å²) in [5.41, 5.74) is 2.51. The van der Waals surface area contributed by atoms with E-state index in [4.69, 9.17) is 0 Å². The maximum Gasteiger partial charge on any atom is 0.254 e. The molecular formula is C25H32N2O3. The van der Waals surface area contributed by atoms with Crippen LogP contribution in [0.25, 0.3) is 0 Å². The summed E-state index contributed by atoms with van der Waals surface area (Å²) in [5.74, 6) is -0.121. The van der Waals surface area contributed by atoms with Crippen molar-refractivity contribution in [2.75, 3.05) is 13.6 Å². The Hall–Kier alpha value is -2.66. The van der Waals surface area contributed by atoms with Gasteiger partial charge < -0.3 is 15.3 Å². The van der Waals surface area contributed by atoms with Crippen LogP contribution in [0.5, 0.6) is 0 Å². The molecule has 1 aliphatic carbocycles. The van der Waals surface area contributed by atoms with Crippen LogP contribution >= 0.6 is 0 Å². The molecule has 30 heavy (non-hydrogen) atoms. The van der Waals surface area contributed by atoms with Crippen LogP contribution in [0.1, 0.15) is 54.1 Å². The number of nitrogens with zero attached hydrogens (tertiary/aromatic N) is 1. The van der Waals surface area contributed by atoms with Gasteiger partial charge in [-0.3, -0.25) is 9.59 Å². The van der Waals surface area contributed by atoms with E-state index in [0.29, 0.717) is 24.9 Å². The molecule has 3 atom stereocenters. The second-order valence-electron chi connectivity index (χ2n) is 8.50. The molecule has 0 saturated heterocycles. The van der Waals surface area contributed by atoms with Crippen molar-refractivity contribution in [1.29, 1.82) is 0 Å². The van der Waals surface area contributed by atoms with E-state index in [9.17, 15) is 14.7 Å². The molecule has 1 saturated carbocycles. The normalized spacial score (nSPS) is 24.0. The van der Waals surface area contributed by atoms with Crippen LogP contribution in [-0.2, 0) is 10.2 Å². The van der Waals surface area contributed by atoms with Crippen molar-refractivity contribution in [2.24, 2.45) is 0 Å². The topological polar surface area (TPSA) is 69.6 Å². The summed E-state index contributed by atoms with van der Waals surface area (Å²) in [4.78, 5) is 26.5. The predicted octanol–water partition coefficient (Wildman–Crippen LogP) is 3.44. The number of aryl methyl sites for hydroxylation is 1. The monoisotopic (exact) mass is 408 g/mol. The van der Waals surface area contributed by atoms with Gasteiger partial charge in [-0.25, -0.2) is 0 Å². The second kappa shape index (κ2) is 9.43. The van der Waals surface area contributed by atoms with Gasteiger partial charge in [-0.15, -0.1) is 0 Å². The van der Waals surface area contributed by atoms with Gasteiger partial charge in [0.25, 0.3) is 5.91 Å². The summed E-state index contributed by atoms with van der Waals surface area (Å²) in [5, 5.41) is 14.0. The highest BCUT2D eigenvalue weighted by atomic mass is 16.3. The van der Waals surface area contributed by atoms with Gasteiger partial charge in [-0.2, -0.15) is 0 Å². The Morgan fingerprint density at radius 2 is 1.70 bits per heavy atom. The first-order valence-corrected chi connectivity index (χ1v) is 10.6. The van der Waals surface area contributed by atoms with Gasteiger partial charge in [-0.1, -0.05) is 48.5 Å². The Morgan fingerprint density at radius 3 is 2.37 bits per heavy atom. The number of nitrogens with one attached hydrogen (secondary N) is 1.